The molecule has 5 nitrogen and oxygen atoms in total. The lowest BCUT2D eigenvalue weighted by Crippen LogP contribution is -2.09. The first kappa shape index (κ1) is 18.0. The number of halogens is 3. The predicted molar refractivity (Wildman–Crippen MR) is 87.0 cm³/mol. The van der Waals surface area contributed by atoms with Crippen molar-refractivity contribution >= 4 is 22.5 Å². The Bertz CT molecular complexity index is 814. The van der Waals surface area contributed by atoms with Crippen LogP contribution in [-0.4, -0.2) is 32.6 Å². The number of hydrogen-bond acceptors (Lipinski definition) is 4. The molecule has 1 aromatic carbocycles. The second-order valence-electron chi connectivity index (χ2n) is 4.79. The van der Waals surface area contributed by atoms with Crippen molar-refractivity contribution < 1.29 is 18.3 Å². The van der Waals surface area contributed by atoms with Gasteiger partial charge in [-0.2, -0.15) is 13.2 Å². The smallest absolute Gasteiger partial charge is 0.396 e. The third-order valence-electron chi connectivity index (χ3n) is 3.27. The van der Waals surface area contributed by atoms with Gasteiger partial charge in [-0.3, -0.25) is 4.40 Å². The average Bonchev–Trinajstić information content (AvgIpc) is 3.05. The van der Waals surface area contributed by atoms with Crippen LogP contribution in [0.2, 0.25) is 0 Å². The summed E-state index contributed by atoms with van der Waals surface area (Å²) in [6.07, 6.45) is -0.672. The molecule has 0 saturated heterocycles. The highest BCUT2D eigenvalue weighted by molar-refractivity contribution is 5.83. The summed E-state index contributed by atoms with van der Waals surface area (Å²) < 4.78 is 40.2. The molecule has 2 heterocycles. The van der Waals surface area contributed by atoms with E-state index in [1.54, 1.807) is 16.8 Å². The molecule has 0 amide bonds. The molecule has 24 heavy (non-hydrogen) atoms. The summed E-state index contributed by atoms with van der Waals surface area (Å²) in [4.78, 5) is 8.42. The van der Waals surface area contributed by atoms with Crippen molar-refractivity contribution in [2.45, 2.75) is 26.4 Å². The number of alkyl halides is 3. The molecule has 0 aliphatic carbocycles. The molecule has 0 spiro atoms. The number of benzene rings is 1. The van der Waals surface area contributed by atoms with Gasteiger partial charge >= 0.3 is 6.18 Å². The van der Waals surface area contributed by atoms with E-state index < -0.39 is 11.7 Å². The van der Waals surface area contributed by atoms with E-state index >= 15 is 0 Å². The van der Waals surface area contributed by atoms with Gasteiger partial charge in [0.2, 0.25) is 0 Å². The highest BCUT2D eigenvalue weighted by Crippen LogP contribution is 2.31. The third kappa shape index (κ3) is 3.59. The van der Waals surface area contributed by atoms with Crippen LogP contribution in [0.1, 0.15) is 25.8 Å². The van der Waals surface area contributed by atoms with E-state index in [4.69, 9.17) is 5.11 Å². The SMILES string of the molecule is CC.OCCCNc1nc2cc(C(F)(F)F)ccc2n2ccnc12. The maximum Gasteiger partial charge on any atom is 0.416 e. The summed E-state index contributed by atoms with van der Waals surface area (Å²) in [5.41, 5.74) is 0.568. The van der Waals surface area contributed by atoms with Gasteiger partial charge in [0.1, 0.15) is 0 Å². The minimum atomic E-state index is -4.41. The van der Waals surface area contributed by atoms with Gasteiger partial charge < -0.3 is 10.4 Å². The first-order chi connectivity index (χ1) is 11.5. The Balaban J connectivity index is 0.00000100. The normalized spacial score (nSPS) is 11.4. The molecule has 0 aliphatic rings. The zero-order chi connectivity index (χ0) is 17.7. The molecule has 3 aromatic rings. The largest absolute Gasteiger partial charge is 0.416 e. The predicted octanol–water partition coefficient (Wildman–Crippen LogP) is 3.72. The second kappa shape index (κ2) is 7.48. The number of imidazole rings is 1. The lowest BCUT2D eigenvalue weighted by atomic mass is 10.2. The minimum absolute atomic E-state index is 0.0174. The topological polar surface area (TPSA) is 62.5 Å². The zero-order valence-electron chi connectivity index (χ0n) is 13.4. The average molecular weight is 340 g/mol. The number of aliphatic hydroxyl groups is 1. The van der Waals surface area contributed by atoms with E-state index in [1.165, 1.54) is 6.07 Å². The van der Waals surface area contributed by atoms with Gasteiger partial charge in [0.25, 0.3) is 0 Å². The first-order valence-electron chi connectivity index (χ1n) is 7.69. The summed E-state index contributed by atoms with van der Waals surface area (Å²) >= 11 is 0. The Kier molecular flexibility index (Phi) is 5.61. The Morgan fingerprint density at radius 2 is 2.00 bits per heavy atom. The standard InChI is InChI=1S/C14H13F3N4O.C2H6/c15-14(16,17)9-2-3-11-10(8-9)20-12(18-4-1-7-22)13-19-5-6-21(11)13;1-2/h2-3,5-6,8,22H,1,4,7H2,(H,18,20);1-2H3. The van der Waals surface area contributed by atoms with E-state index in [0.717, 1.165) is 12.1 Å². The van der Waals surface area contributed by atoms with E-state index in [9.17, 15) is 13.2 Å². The van der Waals surface area contributed by atoms with Crippen LogP contribution >= 0.6 is 0 Å². The maximum atomic E-state index is 12.8. The zero-order valence-corrected chi connectivity index (χ0v) is 13.4. The van der Waals surface area contributed by atoms with Crippen molar-refractivity contribution in [1.82, 2.24) is 14.4 Å². The molecule has 2 N–H and O–H groups in total. The monoisotopic (exact) mass is 340 g/mol. The fourth-order valence-electron chi connectivity index (χ4n) is 2.24. The maximum absolute atomic E-state index is 12.8. The number of nitrogens with one attached hydrogen (secondary N) is 1. The Labute approximate surface area is 137 Å². The summed E-state index contributed by atoms with van der Waals surface area (Å²) in [7, 11) is 0. The van der Waals surface area contributed by atoms with E-state index in [0.29, 0.717) is 29.9 Å². The molecule has 8 heteroatoms. The third-order valence-corrected chi connectivity index (χ3v) is 3.27. The Morgan fingerprint density at radius 3 is 2.67 bits per heavy atom. The van der Waals surface area contributed by atoms with Crippen molar-refractivity contribution in [2.24, 2.45) is 0 Å². The van der Waals surface area contributed by atoms with Crippen LogP contribution in [0, 0.1) is 0 Å². The quantitative estimate of drug-likeness (QED) is 0.711. The second-order valence-corrected chi connectivity index (χ2v) is 4.79. The van der Waals surface area contributed by atoms with Crippen LogP contribution < -0.4 is 5.32 Å². The Morgan fingerprint density at radius 1 is 1.25 bits per heavy atom. The molecule has 130 valence electrons. The molecule has 0 bridgehead atoms. The number of hydrogen-bond donors (Lipinski definition) is 2. The van der Waals surface area contributed by atoms with E-state index in [2.05, 4.69) is 15.3 Å². The van der Waals surface area contributed by atoms with Crippen LogP contribution in [0.15, 0.2) is 30.6 Å². The number of rotatable bonds is 4. The van der Waals surface area contributed by atoms with Crippen molar-refractivity contribution in [3.63, 3.8) is 0 Å². The summed E-state index contributed by atoms with van der Waals surface area (Å²) in [6.45, 7) is 4.47. The molecule has 2 aromatic heterocycles. The molecule has 0 unspecified atom stereocenters. The molecule has 0 fully saturated rings. The van der Waals surface area contributed by atoms with Gasteiger partial charge in [-0.05, 0) is 24.6 Å². The molecular formula is C16H19F3N4O. The van der Waals surface area contributed by atoms with Crippen molar-refractivity contribution in [2.75, 3.05) is 18.5 Å². The van der Waals surface area contributed by atoms with Crippen LogP contribution in [0.3, 0.4) is 0 Å². The molecule has 3 rings (SSSR count). The van der Waals surface area contributed by atoms with Gasteiger partial charge in [-0.1, -0.05) is 13.8 Å². The van der Waals surface area contributed by atoms with Gasteiger partial charge in [-0.15, -0.1) is 0 Å². The molecule has 0 aliphatic heterocycles. The lowest BCUT2D eigenvalue weighted by molar-refractivity contribution is -0.137. The molecule has 0 saturated carbocycles. The number of anilines is 1. The summed E-state index contributed by atoms with van der Waals surface area (Å²) in [6, 6.07) is 3.44. The molecule has 0 radical (unpaired) electrons. The van der Waals surface area contributed by atoms with Gasteiger partial charge in [0.15, 0.2) is 11.5 Å². The molecular weight excluding hydrogens is 321 g/mol. The highest BCUT2D eigenvalue weighted by Gasteiger charge is 2.30. The lowest BCUT2D eigenvalue weighted by Gasteiger charge is -2.11. The van der Waals surface area contributed by atoms with Crippen LogP contribution in [0.4, 0.5) is 19.0 Å². The van der Waals surface area contributed by atoms with Gasteiger partial charge in [0, 0.05) is 25.5 Å². The molecule has 0 atom stereocenters. The number of aliphatic hydroxyl groups excluding tert-OH is 1. The van der Waals surface area contributed by atoms with Gasteiger partial charge in [-0.25, -0.2) is 9.97 Å². The number of fused-ring (bicyclic) bond motifs is 3. The van der Waals surface area contributed by atoms with Crippen LogP contribution in [0.25, 0.3) is 16.7 Å². The number of aromatic nitrogens is 3. The summed E-state index contributed by atoms with van der Waals surface area (Å²) in [5.74, 6) is 0.394. The van der Waals surface area contributed by atoms with E-state index in [1.807, 2.05) is 13.8 Å². The van der Waals surface area contributed by atoms with Crippen molar-refractivity contribution in [1.29, 1.82) is 0 Å². The first-order valence-corrected chi connectivity index (χ1v) is 7.69. The Hall–Kier alpha value is -2.35. The van der Waals surface area contributed by atoms with Crippen LogP contribution in [-0.2, 0) is 6.18 Å². The highest BCUT2D eigenvalue weighted by atomic mass is 19.4. The van der Waals surface area contributed by atoms with Gasteiger partial charge in [0.05, 0.1) is 16.6 Å². The number of nitrogens with zero attached hydrogens (tertiary/aromatic N) is 3. The van der Waals surface area contributed by atoms with Crippen LogP contribution in [0.5, 0.6) is 0 Å². The van der Waals surface area contributed by atoms with Crippen molar-refractivity contribution in [3.05, 3.63) is 36.2 Å². The summed E-state index contributed by atoms with van der Waals surface area (Å²) in [5, 5.41) is 11.8. The minimum Gasteiger partial charge on any atom is -0.396 e. The fraction of sp³-hybridized carbons (Fsp3) is 0.375. The van der Waals surface area contributed by atoms with Crippen molar-refractivity contribution in [3.8, 4) is 0 Å². The van der Waals surface area contributed by atoms with E-state index in [-0.39, 0.29) is 12.1 Å². The fourth-order valence-corrected chi connectivity index (χ4v) is 2.24.